The highest BCUT2D eigenvalue weighted by Gasteiger charge is 2.25. The van der Waals surface area contributed by atoms with Crippen molar-refractivity contribution < 1.29 is 39.2 Å². The van der Waals surface area contributed by atoms with Crippen LogP contribution in [0.2, 0.25) is 0 Å². The van der Waals surface area contributed by atoms with E-state index in [1.165, 1.54) is 0 Å². The van der Waals surface area contributed by atoms with Crippen molar-refractivity contribution >= 4 is 29.6 Å². The SMILES string of the molecule is C=C(OC(=O)CCN1CCCN=C1C)C(=O)OC(=O)CCN1CCCN=C1C.CCC(CO)(CO)CO. The van der Waals surface area contributed by atoms with E-state index in [1.807, 2.05) is 30.6 Å². The Morgan fingerprint density at radius 1 is 0.865 bits per heavy atom. The van der Waals surface area contributed by atoms with Crippen molar-refractivity contribution in [2.45, 2.75) is 52.9 Å². The molecule has 12 nitrogen and oxygen atoms in total. The number of amidine groups is 2. The molecule has 0 saturated heterocycles. The molecule has 0 spiro atoms. The van der Waals surface area contributed by atoms with Crippen molar-refractivity contribution in [2.24, 2.45) is 15.4 Å². The third-order valence-electron chi connectivity index (χ3n) is 6.37. The van der Waals surface area contributed by atoms with Crippen LogP contribution in [0.15, 0.2) is 22.3 Å². The Bertz CT molecular complexity index is 763. The Labute approximate surface area is 218 Å². The molecule has 0 saturated carbocycles. The molecule has 0 fully saturated rings. The molecule has 0 aromatic heterocycles. The number of rotatable bonds is 12. The lowest BCUT2D eigenvalue weighted by atomic mass is 9.88. The number of aliphatic imine (C=N–C) groups is 2. The van der Waals surface area contributed by atoms with Gasteiger partial charge in [0.15, 0.2) is 0 Å². The maximum absolute atomic E-state index is 11.9. The van der Waals surface area contributed by atoms with Gasteiger partial charge in [0.05, 0.1) is 44.3 Å². The largest absolute Gasteiger partial charge is 0.419 e. The molecule has 3 N–H and O–H groups in total. The van der Waals surface area contributed by atoms with Crippen LogP contribution in [-0.2, 0) is 23.9 Å². The molecule has 0 amide bonds. The first-order chi connectivity index (χ1) is 17.6. The Morgan fingerprint density at radius 3 is 1.65 bits per heavy atom. The van der Waals surface area contributed by atoms with Gasteiger partial charge in [0, 0.05) is 44.7 Å². The lowest BCUT2D eigenvalue weighted by molar-refractivity contribution is -0.162. The van der Waals surface area contributed by atoms with E-state index in [2.05, 4.69) is 16.6 Å². The second-order valence-electron chi connectivity index (χ2n) is 9.03. The monoisotopic (exact) mass is 526 g/mol. The molecule has 2 aliphatic heterocycles. The molecule has 0 bridgehead atoms. The average Bonchev–Trinajstić information content (AvgIpc) is 2.90. The number of esters is 3. The van der Waals surface area contributed by atoms with Crippen LogP contribution in [0.4, 0.5) is 0 Å². The maximum atomic E-state index is 11.9. The summed E-state index contributed by atoms with van der Waals surface area (Å²) in [7, 11) is 0. The third-order valence-corrected chi connectivity index (χ3v) is 6.37. The van der Waals surface area contributed by atoms with Crippen LogP contribution in [0.1, 0.15) is 52.9 Å². The Hall–Kier alpha value is -2.83. The predicted molar refractivity (Wildman–Crippen MR) is 138 cm³/mol. The zero-order valence-corrected chi connectivity index (χ0v) is 22.3. The van der Waals surface area contributed by atoms with Crippen molar-refractivity contribution in [1.29, 1.82) is 0 Å². The van der Waals surface area contributed by atoms with Gasteiger partial charge >= 0.3 is 17.9 Å². The third kappa shape index (κ3) is 11.4. The number of ether oxygens (including phenoxy) is 2. The molecule has 0 unspecified atom stereocenters. The van der Waals surface area contributed by atoms with Crippen molar-refractivity contribution in [1.82, 2.24) is 9.80 Å². The van der Waals surface area contributed by atoms with Crippen LogP contribution >= 0.6 is 0 Å². The van der Waals surface area contributed by atoms with Gasteiger partial charge in [-0.25, -0.2) is 4.79 Å². The van der Waals surface area contributed by atoms with Gasteiger partial charge in [0.2, 0.25) is 5.76 Å². The fraction of sp³-hybridized carbons (Fsp3) is 0.720. The summed E-state index contributed by atoms with van der Waals surface area (Å²) in [5.41, 5.74) is -0.667. The van der Waals surface area contributed by atoms with Crippen LogP contribution in [0.25, 0.3) is 0 Å². The summed E-state index contributed by atoms with van der Waals surface area (Å²) >= 11 is 0. The molecule has 2 aliphatic rings. The van der Waals surface area contributed by atoms with Gasteiger partial charge in [-0.15, -0.1) is 0 Å². The minimum atomic E-state index is -1.04. The molecule has 0 atom stereocenters. The normalized spacial score (nSPS) is 15.6. The first-order valence-corrected chi connectivity index (χ1v) is 12.6. The van der Waals surface area contributed by atoms with Gasteiger partial charge < -0.3 is 34.6 Å². The summed E-state index contributed by atoms with van der Waals surface area (Å²) in [6.07, 6.45) is 2.59. The molecule has 0 radical (unpaired) electrons. The van der Waals surface area contributed by atoms with Crippen molar-refractivity contribution in [2.75, 3.05) is 59.1 Å². The van der Waals surface area contributed by atoms with E-state index in [0.717, 1.165) is 50.7 Å². The van der Waals surface area contributed by atoms with Crippen LogP contribution in [-0.4, -0.2) is 114 Å². The van der Waals surface area contributed by atoms with Crippen molar-refractivity contribution in [3.8, 4) is 0 Å². The van der Waals surface area contributed by atoms with E-state index in [0.29, 0.717) is 19.5 Å². The summed E-state index contributed by atoms with van der Waals surface area (Å²) in [4.78, 5) is 48.2. The molecule has 2 heterocycles. The molecule has 0 aromatic rings. The number of carbonyl (C=O) groups is 3. The van der Waals surface area contributed by atoms with Gasteiger partial charge in [-0.1, -0.05) is 6.92 Å². The van der Waals surface area contributed by atoms with Gasteiger partial charge in [-0.3, -0.25) is 19.6 Å². The summed E-state index contributed by atoms with van der Waals surface area (Å²) in [5.74, 6) is -1.07. The summed E-state index contributed by atoms with van der Waals surface area (Å²) in [5, 5.41) is 26.0. The zero-order valence-electron chi connectivity index (χ0n) is 22.3. The van der Waals surface area contributed by atoms with Crippen LogP contribution in [0, 0.1) is 5.41 Å². The molecule has 0 aliphatic carbocycles. The lowest BCUT2D eigenvalue weighted by Gasteiger charge is -2.27. The fourth-order valence-corrected chi connectivity index (χ4v) is 3.46. The van der Waals surface area contributed by atoms with Gasteiger partial charge in [0.1, 0.15) is 0 Å². The van der Waals surface area contributed by atoms with Crippen LogP contribution in [0.5, 0.6) is 0 Å². The second-order valence-corrected chi connectivity index (χ2v) is 9.03. The minimum Gasteiger partial charge on any atom is -0.419 e. The predicted octanol–water partition coefficient (Wildman–Crippen LogP) is 0.501. The number of carbonyl (C=O) groups excluding carboxylic acids is 3. The highest BCUT2D eigenvalue weighted by atomic mass is 16.6. The Morgan fingerprint density at radius 2 is 1.30 bits per heavy atom. The number of hydrogen-bond acceptors (Lipinski definition) is 12. The molecule has 12 heteroatoms. The quantitative estimate of drug-likeness (QED) is 0.141. The van der Waals surface area contributed by atoms with Crippen LogP contribution in [0.3, 0.4) is 0 Å². The lowest BCUT2D eigenvalue weighted by Crippen LogP contribution is -2.36. The molecular weight excluding hydrogens is 484 g/mol. The van der Waals surface area contributed by atoms with E-state index in [-0.39, 0.29) is 32.7 Å². The van der Waals surface area contributed by atoms with E-state index >= 15 is 0 Å². The number of nitrogens with zero attached hydrogens (tertiary/aromatic N) is 4. The fourth-order valence-electron chi connectivity index (χ4n) is 3.46. The van der Waals surface area contributed by atoms with Crippen molar-refractivity contribution in [3.05, 3.63) is 12.3 Å². The maximum Gasteiger partial charge on any atom is 0.381 e. The number of hydrogen-bond donors (Lipinski definition) is 3. The number of aliphatic hydroxyl groups is 3. The molecule has 2 rings (SSSR count). The van der Waals surface area contributed by atoms with Gasteiger partial charge in [-0.2, -0.15) is 0 Å². The van der Waals surface area contributed by atoms with E-state index in [1.54, 1.807) is 0 Å². The Kier molecular flexibility index (Phi) is 14.6. The Balaban J connectivity index is 0.000000649. The summed E-state index contributed by atoms with van der Waals surface area (Å²) in [6.45, 7) is 12.6. The van der Waals surface area contributed by atoms with E-state index in [4.69, 9.17) is 24.8 Å². The molecule has 0 aromatic carbocycles. The smallest absolute Gasteiger partial charge is 0.381 e. The molecule has 37 heavy (non-hydrogen) atoms. The minimum absolute atomic E-state index is 0.0351. The summed E-state index contributed by atoms with van der Waals surface area (Å²) in [6, 6.07) is 0. The van der Waals surface area contributed by atoms with E-state index < -0.39 is 29.1 Å². The first kappa shape index (κ1) is 32.2. The number of aliphatic hydroxyl groups excluding tert-OH is 3. The first-order valence-electron chi connectivity index (χ1n) is 12.6. The topological polar surface area (TPSA) is 162 Å². The van der Waals surface area contributed by atoms with Crippen molar-refractivity contribution in [3.63, 3.8) is 0 Å². The van der Waals surface area contributed by atoms with E-state index in [9.17, 15) is 14.4 Å². The zero-order chi connectivity index (χ0) is 27.8. The second kappa shape index (κ2) is 16.8. The average molecular weight is 527 g/mol. The van der Waals surface area contributed by atoms with Gasteiger partial charge in [0.25, 0.3) is 0 Å². The van der Waals surface area contributed by atoms with Gasteiger partial charge in [-0.05, 0) is 39.7 Å². The molecule has 210 valence electrons. The standard InChI is InChI=1S/C19H28N4O5.C6H14O3/c1-14(27-17(24)6-12-22-10-4-8-20-15(22)2)19(26)28-18(25)7-13-23-11-5-9-21-16(23)3;1-2-6(3-7,4-8)5-9/h1,4-13H2,2-3H3;7-9H,2-5H2,1H3. The highest BCUT2D eigenvalue weighted by molar-refractivity contribution is 5.96. The summed E-state index contributed by atoms with van der Waals surface area (Å²) < 4.78 is 9.59. The molecular formula is C25H42N4O8. The highest BCUT2D eigenvalue weighted by Crippen LogP contribution is 2.18. The van der Waals surface area contributed by atoms with Crippen LogP contribution < -0.4 is 0 Å².